The second kappa shape index (κ2) is 10.0. The minimum atomic E-state index is 0.0367. The normalized spacial score (nSPS) is 12.6. The number of ether oxygens (including phenoxy) is 1. The van der Waals surface area contributed by atoms with E-state index in [9.17, 15) is 9.59 Å². The lowest BCUT2D eigenvalue weighted by atomic mass is 10.1. The van der Waals surface area contributed by atoms with Crippen LogP contribution in [-0.2, 0) is 27.3 Å². The third-order valence-corrected chi connectivity index (χ3v) is 3.95. The first-order valence-corrected chi connectivity index (χ1v) is 8.81. The Bertz CT molecular complexity index is 486. The molecule has 1 aromatic heterocycles. The Balaban J connectivity index is 2.20. The third kappa shape index (κ3) is 7.44. The summed E-state index contributed by atoms with van der Waals surface area (Å²) in [7, 11) is 0. The Labute approximate surface area is 145 Å². The number of hydrogen-bond acceptors (Lipinski definition) is 5. The number of nitrogens with zero attached hydrogens (tertiary/aromatic N) is 3. The number of ketones is 2. The van der Waals surface area contributed by atoms with Crippen molar-refractivity contribution in [1.82, 2.24) is 15.0 Å². The van der Waals surface area contributed by atoms with Crippen molar-refractivity contribution >= 4 is 34.2 Å². The van der Waals surface area contributed by atoms with Crippen molar-refractivity contribution in [3.05, 3.63) is 11.9 Å². The predicted octanol–water partition coefficient (Wildman–Crippen LogP) is 2.24. The standard InChI is InChI=1S/C15H24IN3O3/c1-11(2)14(20)6-8-22-9-7-19-10-13(17-18-19)4-5-15(21)12(3)16/h10-12H,4-9H2,1-3H3. The van der Waals surface area contributed by atoms with Crippen LogP contribution in [0.3, 0.4) is 0 Å². The van der Waals surface area contributed by atoms with Crippen LogP contribution >= 0.6 is 22.6 Å². The number of hydrogen-bond donors (Lipinski definition) is 0. The molecule has 1 aromatic rings. The molecule has 0 radical (unpaired) electrons. The molecule has 0 aliphatic carbocycles. The number of aromatic nitrogens is 3. The van der Waals surface area contributed by atoms with E-state index in [-0.39, 0.29) is 21.4 Å². The molecule has 0 N–H and O–H groups in total. The van der Waals surface area contributed by atoms with E-state index in [4.69, 9.17) is 4.74 Å². The van der Waals surface area contributed by atoms with Gasteiger partial charge in [0.05, 0.1) is 29.4 Å². The average Bonchev–Trinajstić information content (AvgIpc) is 2.91. The molecule has 1 atom stereocenters. The van der Waals surface area contributed by atoms with Crippen LogP contribution in [0, 0.1) is 5.92 Å². The summed E-state index contributed by atoms with van der Waals surface area (Å²) in [6, 6.07) is 0. The fraction of sp³-hybridized carbons (Fsp3) is 0.733. The molecule has 1 heterocycles. The van der Waals surface area contributed by atoms with Gasteiger partial charge in [0.15, 0.2) is 0 Å². The van der Waals surface area contributed by atoms with E-state index in [1.54, 1.807) is 4.68 Å². The van der Waals surface area contributed by atoms with Gasteiger partial charge in [-0.05, 0) is 6.92 Å². The molecular formula is C15H24IN3O3. The van der Waals surface area contributed by atoms with Gasteiger partial charge in [-0.25, -0.2) is 4.68 Å². The van der Waals surface area contributed by atoms with Crippen molar-refractivity contribution in [2.45, 2.75) is 50.5 Å². The number of Topliss-reactive ketones (excluding diaryl/α,β-unsaturated/α-hetero) is 2. The minimum Gasteiger partial charge on any atom is -0.379 e. The monoisotopic (exact) mass is 421 g/mol. The number of alkyl halides is 1. The second-order valence-corrected chi connectivity index (χ2v) is 7.41. The first-order chi connectivity index (χ1) is 10.4. The van der Waals surface area contributed by atoms with Crippen LogP contribution in [0.1, 0.15) is 39.3 Å². The molecule has 7 heteroatoms. The summed E-state index contributed by atoms with van der Waals surface area (Å²) in [5.74, 6) is 0.514. The molecule has 1 unspecified atom stereocenters. The zero-order chi connectivity index (χ0) is 16.5. The number of rotatable bonds is 11. The lowest BCUT2D eigenvalue weighted by Gasteiger charge is -2.05. The summed E-state index contributed by atoms with van der Waals surface area (Å²) in [6.45, 7) is 7.21. The first-order valence-electron chi connectivity index (χ1n) is 7.56. The quantitative estimate of drug-likeness (QED) is 0.311. The van der Waals surface area contributed by atoms with Gasteiger partial charge >= 0.3 is 0 Å². The van der Waals surface area contributed by atoms with E-state index >= 15 is 0 Å². The minimum absolute atomic E-state index is 0.0367. The van der Waals surface area contributed by atoms with Gasteiger partial charge in [-0.3, -0.25) is 9.59 Å². The second-order valence-electron chi connectivity index (χ2n) is 5.54. The van der Waals surface area contributed by atoms with E-state index in [2.05, 4.69) is 32.9 Å². The Morgan fingerprint density at radius 3 is 2.59 bits per heavy atom. The molecule has 0 fully saturated rings. The van der Waals surface area contributed by atoms with Crippen LogP contribution in [0.4, 0.5) is 0 Å². The Hall–Kier alpha value is -0.830. The first kappa shape index (κ1) is 19.2. The zero-order valence-corrected chi connectivity index (χ0v) is 15.6. The molecule has 0 bridgehead atoms. The SMILES string of the molecule is CC(C)C(=O)CCOCCn1cc(CCC(=O)C(C)I)nn1. The van der Waals surface area contributed by atoms with E-state index in [1.807, 2.05) is 27.0 Å². The van der Waals surface area contributed by atoms with Gasteiger partial charge in [0.2, 0.25) is 0 Å². The smallest absolute Gasteiger partial charge is 0.145 e. The molecule has 0 saturated heterocycles. The molecule has 6 nitrogen and oxygen atoms in total. The highest BCUT2D eigenvalue weighted by molar-refractivity contribution is 14.1. The van der Waals surface area contributed by atoms with E-state index in [0.717, 1.165) is 5.69 Å². The van der Waals surface area contributed by atoms with E-state index < -0.39 is 0 Å². The molecule has 0 amide bonds. The highest BCUT2D eigenvalue weighted by Crippen LogP contribution is 2.06. The van der Waals surface area contributed by atoms with Gasteiger partial charge < -0.3 is 4.74 Å². The molecule has 22 heavy (non-hydrogen) atoms. The van der Waals surface area contributed by atoms with Crippen LogP contribution in [0.25, 0.3) is 0 Å². The maximum atomic E-state index is 11.6. The topological polar surface area (TPSA) is 74.1 Å². The summed E-state index contributed by atoms with van der Waals surface area (Å²) in [6.07, 6.45) is 3.41. The summed E-state index contributed by atoms with van der Waals surface area (Å²) in [4.78, 5) is 23.0. The lowest BCUT2D eigenvalue weighted by Crippen LogP contribution is -2.13. The summed E-state index contributed by atoms with van der Waals surface area (Å²) < 4.78 is 7.18. The van der Waals surface area contributed by atoms with E-state index in [0.29, 0.717) is 39.0 Å². The predicted molar refractivity (Wildman–Crippen MR) is 92.1 cm³/mol. The van der Waals surface area contributed by atoms with Crippen molar-refractivity contribution in [2.75, 3.05) is 13.2 Å². The molecule has 0 spiro atoms. The van der Waals surface area contributed by atoms with Crippen molar-refractivity contribution in [1.29, 1.82) is 0 Å². The van der Waals surface area contributed by atoms with Crippen LogP contribution in [0.2, 0.25) is 0 Å². The van der Waals surface area contributed by atoms with Crippen LogP contribution in [0.5, 0.6) is 0 Å². The lowest BCUT2D eigenvalue weighted by molar-refractivity contribution is -0.123. The number of carbonyl (C=O) groups is 2. The number of aryl methyl sites for hydroxylation is 1. The Kier molecular flexibility index (Phi) is 8.77. The van der Waals surface area contributed by atoms with Crippen LogP contribution in [-0.4, -0.2) is 43.7 Å². The van der Waals surface area contributed by atoms with Crippen molar-refractivity contribution < 1.29 is 14.3 Å². The van der Waals surface area contributed by atoms with Gasteiger partial charge in [-0.15, -0.1) is 5.10 Å². The van der Waals surface area contributed by atoms with Gasteiger partial charge in [-0.2, -0.15) is 0 Å². The molecule has 124 valence electrons. The van der Waals surface area contributed by atoms with Crippen molar-refractivity contribution in [2.24, 2.45) is 5.92 Å². The maximum Gasteiger partial charge on any atom is 0.145 e. The van der Waals surface area contributed by atoms with Gasteiger partial charge in [0.25, 0.3) is 0 Å². The molecule has 0 aliphatic rings. The average molecular weight is 421 g/mol. The van der Waals surface area contributed by atoms with Crippen LogP contribution in [0.15, 0.2) is 6.20 Å². The molecule has 0 saturated carbocycles. The van der Waals surface area contributed by atoms with Crippen molar-refractivity contribution in [3.8, 4) is 0 Å². The molecule has 1 rings (SSSR count). The van der Waals surface area contributed by atoms with Crippen LogP contribution < -0.4 is 0 Å². The summed E-state index contributed by atoms with van der Waals surface area (Å²) in [5.41, 5.74) is 0.820. The van der Waals surface area contributed by atoms with Gasteiger partial charge in [0.1, 0.15) is 11.6 Å². The molecule has 0 aliphatic heterocycles. The Morgan fingerprint density at radius 2 is 1.95 bits per heavy atom. The van der Waals surface area contributed by atoms with Gasteiger partial charge in [0, 0.05) is 31.4 Å². The molecular weight excluding hydrogens is 397 g/mol. The zero-order valence-electron chi connectivity index (χ0n) is 13.4. The molecule has 0 aromatic carbocycles. The van der Waals surface area contributed by atoms with Crippen molar-refractivity contribution in [3.63, 3.8) is 0 Å². The highest BCUT2D eigenvalue weighted by Gasteiger charge is 2.10. The van der Waals surface area contributed by atoms with Gasteiger partial charge in [-0.1, -0.05) is 41.7 Å². The largest absolute Gasteiger partial charge is 0.379 e. The summed E-state index contributed by atoms with van der Waals surface area (Å²) >= 11 is 2.12. The third-order valence-electron chi connectivity index (χ3n) is 3.26. The summed E-state index contributed by atoms with van der Waals surface area (Å²) in [5, 5.41) is 8.05. The Morgan fingerprint density at radius 1 is 1.23 bits per heavy atom. The number of halogens is 1. The number of carbonyl (C=O) groups excluding carboxylic acids is 2. The fourth-order valence-corrected chi connectivity index (χ4v) is 2.05. The maximum absolute atomic E-state index is 11.6. The van der Waals surface area contributed by atoms with E-state index in [1.165, 1.54) is 0 Å². The fourth-order valence-electron chi connectivity index (χ4n) is 1.73. The highest BCUT2D eigenvalue weighted by atomic mass is 127.